The van der Waals surface area contributed by atoms with Crippen LogP contribution in [0.5, 0.6) is 0 Å². The van der Waals surface area contributed by atoms with Crippen molar-refractivity contribution in [3.63, 3.8) is 0 Å². The fraction of sp³-hybridized carbons (Fsp3) is 0.394. The minimum absolute atomic E-state index is 0.0150. The monoisotopic (exact) mass is 666 g/mol. The van der Waals surface area contributed by atoms with Crippen LogP contribution in [0, 0.1) is 0 Å². The molecule has 2 aromatic carbocycles. The molecule has 1 aromatic heterocycles. The molecule has 0 aliphatic heterocycles. The van der Waals surface area contributed by atoms with Crippen molar-refractivity contribution < 1.29 is 43.3 Å². The number of carboxylic acid groups (broad SMARTS) is 1. The quantitative estimate of drug-likeness (QED) is 0.111. The summed E-state index contributed by atoms with van der Waals surface area (Å²) in [5.74, 6) is -4.10. The van der Waals surface area contributed by atoms with Crippen LogP contribution in [-0.4, -0.2) is 76.2 Å². The summed E-state index contributed by atoms with van der Waals surface area (Å²) in [6.07, 6.45) is -0.511. The van der Waals surface area contributed by atoms with Crippen molar-refractivity contribution in [1.82, 2.24) is 26.3 Å². The number of aromatic amines is 1. The van der Waals surface area contributed by atoms with E-state index in [0.717, 1.165) is 16.5 Å². The molecule has 0 aliphatic carbocycles. The van der Waals surface area contributed by atoms with Gasteiger partial charge in [-0.25, -0.2) is 9.59 Å². The zero-order chi connectivity index (χ0) is 35.3. The molecule has 258 valence electrons. The number of nitrogens with two attached hydrogens (primary N) is 1. The van der Waals surface area contributed by atoms with Crippen LogP contribution in [-0.2, 0) is 41.7 Å². The molecule has 8 N–H and O–H groups in total. The summed E-state index contributed by atoms with van der Waals surface area (Å²) in [5, 5.41) is 20.0. The number of carbonyl (C=O) groups excluding carboxylic acids is 5. The molecule has 0 unspecified atom stereocenters. The third-order valence-electron chi connectivity index (χ3n) is 6.93. The fourth-order valence-corrected chi connectivity index (χ4v) is 4.66. The number of amides is 5. The standard InChI is InChI=1S/C33H42N6O9/c1-33(2,3)48-32(46)39-26(16-21-18-36-23-13-8-7-12-22(21)23)30(44)37-24(29(43)38-25(28(34)42)17-27(40)41)14-9-15-35-31(45)47-19-20-10-5-4-6-11-20/h4-8,10-13,18,24-26,36H,9,14-17,19H2,1-3H3,(H2,34,42)(H,35,45)(H,37,44)(H,38,43)(H,39,46)(H,40,41)/t24-,25-,26-/m0/s1. The van der Waals surface area contributed by atoms with Gasteiger partial charge in [-0.3, -0.25) is 19.2 Å². The number of aromatic nitrogens is 1. The fourth-order valence-electron chi connectivity index (χ4n) is 4.66. The SMILES string of the molecule is CC(C)(C)OC(=O)N[C@@H](Cc1c[nH]c2ccccc12)C(=O)N[C@@H](CCCNC(=O)OCc1ccccc1)C(=O)N[C@@H](CC(=O)O)C(N)=O. The maximum Gasteiger partial charge on any atom is 0.408 e. The lowest BCUT2D eigenvalue weighted by Crippen LogP contribution is -2.57. The van der Waals surface area contributed by atoms with Gasteiger partial charge in [0.05, 0.1) is 6.42 Å². The van der Waals surface area contributed by atoms with Crippen molar-refractivity contribution in [1.29, 1.82) is 0 Å². The summed E-state index contributed by atoms with van der Waals surface area (Å²) in [6.45, 7) is 5.10. The molecule has 3 atom stereocenters. The van der Waals surface area contributed by atoms with Gasteiger partial charge in [0, 0.05) is 30.1 Å². The van der Waals surface area contributed by atoms with Gasteiger partial charge < -0.3 is 46.6 Å². The minimum Gasteiger partial charge on any atom is -0.481 e. The molecule has 3 rings (SSSR count). The highest BCUT2D eigenvalue weighted by atomic mass is 16.6. The molecule has 3 aromatic rings. The minimum atomic E-state index is -1.55. The number of carboxylic acids is 1. The van der Waals surface area contributed by atoms with E-state index in [1.165, 1.54) is 0 Å². The second kappa shape index (κ2) is 17.4. The smallest absolute Gasteiger partial charge is 0.408 e. The Morgan fingerprint density at radius 1 is 0.854 bits per heavy atom. The normalized spacial score (nSPS) is 13.0. The van der Waals surface area contributed by atoms with Crippen LogP contribution in [0.3, 0.4) is 0 Å². The maximum absolute atomic E-state index is 13.7. The molecule has 15 nitrogen and oxygen atoms in total. The van der Waals surface area contributed by atoms with Crippen LogP contribution in [0.25, 0.3) is 10.9 Å². The molecular formula is C33H42N6O9. The number of para-hydroxylation sites is 1. The van der Waals surface area contributed by atoms with E-state index in [1.807, 2.05) is 42.5 Å². The van der Waals surface area contributed by atoms with Gasteiger partial charge in [-0.15, -0.1) is 0 Å². The lowest BCUT2D eigenvalue weighted by atomic mass is 10.0. The summed E-state index contributed by atoms with van der Waals surface area (Å²) >= 11 is 0. The summed E-state index contributed by atoms with van der Waals surface area (Å²) in [4.78, 5) is 78.3. The number of nitrogens with one attached hydrogen (secondary N) is 5. The van der Waals surface area contributed by atoms with Gasteiger partial charge in [0.1, 0.15) is 30.3 Å². The van der Waals surface area contributed by atoms with Crippen LogP contribution >= 0.6 is 0 Å². The van der Waals surface area contributed by atoms with E-state index in [0.29, 0.717) is 5.56 Å². The Morgan fingerprint density at radius 3 is 2.17 bits per heavy atom. The number of benzene rings is 2. The summed E-state index contributed by atoms with van der Waals surface area (Å²) in [5.41, 5.74) is 6.75. The predicted molar refractivity (Wildman–Crippen MR) is 174 cm³/mol. The molecule has 48 heavy (non-hydrogen) atoms. The largest absolute Gasteiger partial charge is 0.481 e. The molecule has 0 bridgehead atoms. The Labute approximate surface area is 277 Å². The Hall–Kier alpha value is -5.60. The lowest BCUT2D eigenvalue weighted by Gasteiger charge is -2.26. The van der Waals surface area contributed by atoms with Gasteiger partial charge in [-0.2, -0.15) is 0 Å². The Morgan fingerprint density at radius 2 is 1.50 bits per heavy atom. The highest BCUT2D eigenvalue weighted by Gasteiger charge is 2.31. The molecule has 0 radical (unpaired) electrons. The Bertz CT molecular complexity index is 1580. The van der Waals surface area contributed by atoms with Crippen LogP contribution in [0.1, 0.15) is 51.2 Å². The molecule has 1 heterocycles. The van der Waals surface area contributed by atoms with Crippen molar-refractivity contribution in [3.8, 4) is 0 Å². The van der Waals surface area contributed by atoms with Crippen LogP contribution in [0.4, 0.5) is 9.59 Å². The second-order valence-electron chi connectivity index (χ2n) is 12.0. The summed E-state index contributed by atoms with van der Waals surface area (Å²) in [7, 11) is 0. The lowest BCUT2D eigenvalue weighted by molar-refractivity contribution is -0.140. The van der Waals surface area contributed by atoms with E-state index in [2.05, 4.69) is 26.3 Å². The first-order chi connectivity index (χ1) is 22.7. The molecule has 0 spiro atoms. The highest BCUT2D eigenvalue weighted by Crippen LogP contribution is 2.20. The number of hydrogen-bond donors (Lipinski definition) is 7. The third-order valence-corrected chi connectivity index (χ3v) is 6.93. The van der Waals surface area contributed by atoms with Crippen molar-refractivity contribution in [2.24, 2.45) is 5.73 Å². The first kappa shape index (κ1) is 36.9. The van der Waals surface area contributed by atoms with Crippen LogP contribution in [0.15, 0.2) is 60.8 Å². The van der Waals surface area contributed by atoms with Gasteiger partial charge in [0.25, 0.3) is 0 Å². The number of H-pyrrole nitrogens is 1. The number of alkyl carbamates (subject to hydrolysis) is 2. The first-order valence-electron chi connectivity index (χ1n) is 15.3. The van der Waals surface area contributed by atoms with Crippen molar-refractivity contribution in [2.45, 2.75) is 76.8 Å². The number of rotatable bonds is 16. The Kier molecular flexibility index (Phi) is 13.3. The number of primary amides is 1. The topological polar surface area (TPSA) is 231 Å². The second-order valence-corrected chi connectivity index (χ2v) is 12.0. The van der Waals surface area contributed by atoms with Gasteiger partial charge in [-0.1, -0.05) is 48.5 Å². The number of carbonyl (C=O) groups is 6. The molecular weight excluding hydrogens is 624 g/mol. The van der Waals surface area contributed by atoms with Gasteiger partial charge >= 0.3 is 18.2 Å². The van der Waals surface area contributed by atoms with E-state index in [9.17, 15) is 33.9 Å². The van der Waals surface area contributed by atoms with E-state index >= 15 is 0 Å². The van der Waals surface area contributed by atoms with E-state index in [-0.39, 0.29) is 32.4 Å². The van der Waals surface area contributed by atoms with Crippen LogP contribution in [0.2, 0.25) is 0 Å². The number of ether oxygens (including phenoxy) is 2. The first-order valence-corrected chi connectivity index (χ1v) is 15.3. The average molecular weight is 667 g/mol. The maximum atomic E-state index is 13.7. The van der Waals surface area contributed by atoms with E-state index in [1.54, 1.807) is 39.1 Å². The molecule has 5 amide bonds. The zero-order valence-corrected chi connectivity index (χ0v) is 27.0. The Balaban J connectivity index is 1.75. The number of hydrogen-bond acceptors (Lipinski definition) is 8. The molecule has 0 saturated carbocycles. The van der Waals surface area contributed by atoms with E-state index < -0.39 is 66.0 Å². The predicted octanol–water partition coefficient (Wildman–Crippen LogP) is 2.24. The number of aliphatic carboxylic acids is 1. The average Bonchev–Trinajstić information content (AvgIpc) is 3.42. The highest BCUT2D eigenvalue weighted by molar-refractivity contribution is 5.95. The van der Waals surface area contributed by atoms with Crippen molar-refractivity contribution >= 4 is 46.8 Å². The number of fused-ring (bicyclic) bond motifs is 1. The summed E-state index contributed by atoms with van der Waals surface area (Å²) < 4.78 is 10.6. The molecule has 15 heteroatoms. The van der Waals surface area contributed by atoms with Crippen LogP contribution < -0.4 is 27.0 Å². The summed E-state index contributed by atoms with van der Waals surface area (Å²) in [6, 6.07) is 12.3. The molecule has 0 fully saturated rings. The van der Waals surface area contributed by atoms with Gasteiger partial charge in [-0.05, 0) is 50.8 Å². The molecule has 0 saturated heterocycles. The van der Waals surface area contributed by atoms with E-state index in [4.69, 9.17) is 15.2 Å². The van der Waals surface area contributed by atoms with Crippen molar-refractivity contribution in [3.05, 3.63) is 71.9 Å². The molecule has 0 aliphatic rings. The van der Waals surface area contributed by atoms with Gasteiger partial charge in [0.2, 0.25) is 17.7 Å². The van der Waals surface area contributed by atoms with Gasteiger partial charge in [0.15, 0.2) is 0 Å². The third kappa shape index (κ3) is 12.3. The van der Waals surface area contributed by atoms with Crippen molar-refractivity contribution in [2.75, 3.05) is 6.54 Å². The zero-order valence-electron chi connectivity index (χ0n) is 27.0.